The molecule has 1 amide bonds. The summed E-state index contributed by atoms with van der Waals surface area (Å²) in [5, 5.41) is 6.36. The summed E-state index contributed by atoms with van der Waals surface area (Å²) in [5.74, 6) is -0.135. The van der Waals surface area contributed by atoms with Crippen LogP contribution in [0.4, 0.5) is 0 Å². The first kappa shape index (κ1) is 15.4. The van der Waals surface area contributed by atoms with Crippen molar-refractivity contribution in [2.75, 3.05) is 14.2 Å². The van der Waals surface area contributed by atoms with E-state index in [-0.39, 0.29) is 36.5 Å². The number of hydrogen-bond acceptors (Lipinski definition) is 8. The topological polar surface area (TPSA) is 121 Å². The fourth-order valence-electron chi connectivity index (χ4n) is 1.51. The van der Waals surface area contributed by atoms with Gasteiger partial charge in [0.15, 0.2) is 5.82 Å². The van der Waals surface area contributed by atoms with Crippen LogP contribution in [0.3, 0.4) is 0 Å². The molecule has 2 aromatic rings. The summed E-state index contributed by atoms with van der Waals surface area (Å²) in [6.45, 7) is -0.158. The molecule has 2 aromatic heterocycles. The Morgan fingerprint density at radius 2 is 1.91 bits per heavy atom. The molecule has 0 aromatic carbocycles. The molecule has 0 radical (unpaired) electrons. The summed E-state index contributed by atoms with van der Waals surface area (Å²) in [7, 11) is 2.81. The lowest BCUT2D eigenvalue weighted by Gasteiger charge is -2.07. The van der Waals surface area contributed by atoms with E-state index in [4.69, 9.17) is 9.47 Å². The molecule has 2 rings (SSSR count). The maximum Gasteiger partial charge on any atom is 0.322 e. The van der Waals surface area contributed by atoms with Gasteiger partial charge in [-0.15, -0.1) is 4.98 Å². The Morgan fingerprint density at radius 1 is 1.23 bits per heavy atom. The molecule has 0 aliphatic rings. The zero-order valence-electron chi connectivity index (χ0n) is 12.0. The molecule has 0 aliphatic heterocycles. The molecule has 0 aliphatic carbocycles. The van der Waals surface area contributed by atoms with Crippen molar-refractivity contribution in [1.82, 2.24) is 30.0 Å². The molecule has 0 unspecified atom stereocenters. The van der Waals surface area contributed by atoms with Gasteiger partial charge in [-0.2, -0.15) is 15.1 Å². The summed E-state index contributed by atoms with van der Waals surface area (Å²) < 4.78 is 10.9. The van der Waals surface area contributed by atoms with Crippen molar-refractivity contribution in [2.45, 2.75) is 13.1 Å². The number of amides is 1. The SMILES string of the molecule is COc1nc(CNC(=O)Cn2ncccc2=O)nc(OC)n1. The van der Waals surface area contributed by atoms with Crippen LogP contribution >= 0.6 is 0 Å². The van der Waals surface area contributed by atoms with Crippen LogP contribution < -0.4 is 20.3 Å². The van der Waals surface area contributed by atoms with Crippen molar-refractivity contribution < 1.29 is 14.3 Å². The van der Waals surface area contributed by atoms with E-state index < -0.39 is 5.91 Å². The van der Waals surface area contributed by atoms with Gasteiger partial charge in [-0.1, -0.05) is 0 Å². The molecule has 0 atom stereocenters. The number of ether oxygens (including phenoxy) is 2. The Hall–Kier alpha value is -3.04. The van der Waals surface area contributed by atoms with Crippen LogP contribution in [0.5, 0.6) is 12.0 Å². The van der Waals surface area contributed by atoms with Crippen LogP contribution in [-0.4, -0.2) is 44.9 Å². The third kappa shape index (κ3) is 3.98. The normalized spacial score (nSPS) is 10.1. The van der Waals surface area contributed by atoms with Gasteiger partial charge in [0.25, 0.3) is 5.56 Å². The summed E-state index contributed by atoms with van der Waals surface area (Å²) in [6.07, 6.45) is 1.43. The third-order valence-electron chi connectivity index (χ3n) is 2.53. The molecule has 2 heterocycles. The van der Waals surface area contributed by atoms with Gasteiger partial charge in [0.2, 0.25) is 5.91 Å². The Bertz CT molecular complexity index is 695. The van der Waals surface area contributed by atoms with Gasteiger partial charge in [0.05, 0.1) is 20.8 Å². The van der Waals surface area contributed by atoms with Gasteiger partial charge < -0.3 is 14.8 Å². The molecular formula is C12H14N6O4. The molecule has 0 saturated carbocycles. The quantitative estimate of drug-likeness (QED) is 0.703. The molecule has 116 valence electrons. The van der Waals surface area contributed by atoms with E-state index in [0.717, 1.165) is 4.68 Å². The van der Waals surface area contributed by atoms with E-state index in [1.165, 1.54) is 32.5 Å². The molecule has 1 N–H and O–H groups in total. The van der Waals surface area contributed by atoms with Crippen molar-refractivity contribution in [3.8, 4) is 12.0 Å². The zero-order chi connectivity index (χ0) is 15.9. The molecule has 0 bridgehead atoms. The lowest BCUT2D eigenvalue weighted by Crippen LogP contribution is -2.33. The number of carbonyl (C=O) groups excluding carboxylic acids is 1. The summed E-state index contributed by atoms with van der Waals surface area (Å²) in [6, 6.07) is 2.98. The number of aromatic nitrogens is 5. The fraction of sp³-hybridized carbons (Fsp3) is 0.333. The number of nitrogens with one attached hydrogen (secondary N) is 1. The monoisotopic (exact) mass is 306 g/mol. The molecular weight excluding hydrogens is 292 g/mol. The summed E-state index contributed by atoms with van der Waals surface area (Å²) in [4.78, 5) is 35.0. The van der Waals surface area contributed by atoms with Crippen LogP contribution in [-0.2, 0) is 17.9 Å². The van der Waals surface area contributed by atoms with E-state index in [1.54, 1.807) is 0 Å². The second-order valence-electron chi connectivity index (χ2n) is 4.02. The average molecular weight is 306 g/mol. The van der Waals surface area contributed by atoms with Crippen molar-refractivity contribution in [1.29, 1.82) is 0 Å². The van der Waals surface area contributed by atoms with E-state index in [0.29, 0.717) is 0 Å². The minimum absolute atomic E-state index is 0.0374. The number of methoxy groups -OCH3 is 2. The molecule has 0 fully saturated rings. The highest BCUT2D eigenvalue weighted by Gasteiger charge is 2.09. The first-order chi connectivity index (χ1) is 10.6. The minimum Gasteiger partial charge on any atom is -0.467 e. The predicted octanol–water partition coefficient (Wildman–Crippen LogP) is -1.24. The Morgan fingerprint density at radius 3 is 2.50 bits per heavy atom. The smallest absolute Gasteiger partial charge is 0.322 e. The third-order valence-corrected chi connectivity index (χ3v) is 2.53. The van der Waals surface area contributed by atoms with Gasteiger partial charge in [-0.25, -0.2) is 4.68 Å². The molecule has 0 spiro atoms. The van der Waals surface area contributed by atoms with Crippen LogP contribution in [0, 0.1) is 0 Å². The predicted molar refractivity (Wildman–Crippen MR) is 73.3 cm³/mol. The van der Waals surface area contributed by atoms with E-state index in [9.17, 15) is 9.59 Å². The maximum atomic E-state index is 11.8. The van der Waals surface area contributed by atoms with E-state index in [1.807, 2.05) is 0 Å². The summed E-state index contributed by atoms with van der Waals surface area (Å²) >= 11 is 0. The minimum atomic E-state index is -0.404. The van der Waals surface area contributed by atoms with Gasteiger partial charge >= 0.3 is 12.0 Å². The van der Waals surface area contributed by atoms with Gasteiger partial charge in [-0.3, -0.25) is 9.59 Å². The maximum absolute atomic E-state index is 11.8. The largest absolute Gasteiger partial charge is 0.467 e. The van der Waals surface area contributed by atoms with Crippen LogP contribution in [0.1, 0.15) is 5.82 Å². The fourth-order valence-corrected chi connectivity index (χ4v) is 1.51. The number of hydrogen-bond donors (Lipinski definition) is 1. The lowest BCUT2D eigenvalue weighted by molar-refractivity contribution is -0.122. The van der Waals surface area contributed by atoms with Gasteiger partial charge in [-0.05, 0) is 6.07 Å². The van der Waals surface area contributed by atoms with Gasteiger partial charge in [0.1, 0.15) is 6.54 Å². The number of nitrogens with zero attached hydrogens (tertiary/aromatic N) is 5. The average Bonchev–Trinajstić information content (AvgIpc) is 2.54. The highest BCUT2D eigenvalue weighted by molar-refractivity contribution is 5.75. The first-order valence-electron chi connectivity index (χ1n) is 6.24. The standard InChI is InChI=1S/C12H14N6O4/c1-21-11-15-8(16-12(17-11)22-2)6-13-9(19)7-18-10(20)4-3-5-14-18/h3-5H,6-7H2,1-2H3,(H,13,19). The highest BCUT2D eigenvalue weighted by Crippen LogP contribution is 2.08. The Kier molecular flexibility index (Phi) is 4.96. The molecule has 10 nitrogen and oxygen atoms in total. The van der Waals surface area contributed by atoms with Crippen molar-refractivity contribution in [3.05, 3.63) is 34.5 Å². The summed E-state index contributed by atoms with van der Waals surface area (Å²) in [5.41, 5.74) is -0.360. The van der Waals surface area contributed by atoms with Crippen molar-refractivity contribution >= 4 is 5.91 Å². The van der Waals surface area contributed by atoms with Crippen LogP contribution in [0.2, 0.25) is 0 Å². The second kappa shape index (κ2) is 7.11. The molecule has 22 heavy (non-hydrogen) atoms. The Balaban J connectivity index is 1.99. The molecule has 0 saturated heterocycles. The van der Waals surface area contributed by atoms with E-state index in [2.05, 4.69) is 25.4 Å². The van der Waals surface area contributed by atoms with Gasteiger partial charge in [0, 0.05) is 12.3 Å². The number of rotatable bonds is 6. The Labute approximate surface area is 125 Å². The zero-order valence-corrected chi connectivity index (χ0v) is 12.0. The van der Waals surface area contributed by atoms with E-state index >= 15 is 0 Å². The van der Waals surface area contributed by atoms with Crippen molar-refractivity contribution in [3.63, 3.8) is 0 Å². The van der Waals surface area contributed by atoms with Crippen LogP contribution in [0.25, 0.3) is 0 Å². The van der Waals surface area contributed by atoms with Crippen molar-refractivity contribution in [2.24, 2.45) is 0 Å². The highest BCUT2D eigenvalue weighted by atomic mass is 16.5. The lowest BCUT2D eigenvalue weighted by atomic mass is 10.5. The molecule has 10 heteroatoms. The first-order valence-corrected chi connectivity index (χ1v) is 6.24. The second-order valence-corrected chi connectivity index (χ2v) is 4.02. The number of carbonyl (C=O) groups is 1. The van der Waals surface area contributed by atoms with Crippen LogP contribution in [0.15, 0.2) is 23.1 Å².